The quantitative estimate of drug-likeness (QED) is 0.640. The molecule has 0 bridgehead atoms. The van der Waals surface area contributed by atoms with Crippen LogP contribution in [0.25, 0.3) is 0 Å². The summed E-state index contributed by atoms with van der Waals surface area (Å²) in [5, 5.41) is 0. The molecule has 15 heavy (non-hydrogen) atoms. The maximum Gasteiger partial charge on any atom is 0.231 e. The Hall–Kier alpha value is -1.57. The summed E-state index contributed by atoms with van der Waals surface area (Å²) in [5.41, 5.74) is 3.23. The molecule has 0 atom stereocenters. The highest BCUT2D eigenvalue weighted by Crippen LogP contribution is 2.25. The summed E-state index contributed by atoms with van der Waals surface area (Å²) in [6, 6.07) is 8.00. The van der Waals surface area contributed by atoms with Crippen LogP contribution in [0.4, 0.5) is 5.69 Å². The first kappa shape index (κ1) is 9.97. The van der Waals surface area contributed by atoms with Crippen molar-refractivity contribution in [3.8, 4) is 0 Å². The van der Waals surface area contributed by atoms with Gasteiger partial charge in [-0.25, -0.2) is 0 Å². The molecule has 0 saturated carbocycles. The Labute approximate surface area is 90.2 Å². The van der Waals surface area contributed by atoms with E-state index in [4.69, 9.17) is 0 Å². The fourth-order valence-electron chi connectivity index (χ4n) is 1.91. The van der Waals surface area contributed by atoms with Crippen molar-refractivity contribution < 1.29 is 4.79 Å². The molecule has 2 heteroatoms. The third-order valence-corrected chi connectivity index (χ3v) is 2.80. The molecule has 2 nitrogen and oxygen atoms in total. The van der Waals surface area contributed by atoms with E-state index in [2.05, 4.69) is 6.58 Å². The zero-order valence-electron chi connectivity index (χ0n) is 8.99. The monoisotopic (exact) mass is 201 g/mol. The number of carbonyl (C=O) groups is 1. The second-order valence-corrected chi connectivity index (χ2v) is 4.01. The van der Waals surface area contributed by atoms with Gasteiger partial charge in [-0.2, -0.15) is 0 Å². The topological polar surface area (TPSA) is 20.3 Å². The van der Waals surface area contributed by atoms with E-state index in [-0.39, 0.29) is 5.91 Å². The van der Waals surface area contributed by atoms with E-state index in [9.17, 15) is 4.79 Å². The number of carbonyl (C=O) groups excluding carboxylic acids is 1. The molecular formula is C13H15NO. The number of rotatable bonds is 1. The van der Waals surface area contributed by atoms with E-state index in [1.165, 1.54) is 0 Å². The molecule has 0 unspecified atom stereocenters. The third-order valence-electron chi connectivity index (χ3n) is 2.80. The zero-order valence-corrected chi connectivity index (χ0v) is 8.99. The normalized spacial score (nSPS) is 17.0. The predicted molar refractivity (Wildman–Crippen MR) is 61.9 cm³/mol. The van der Waals surface area contributed by atoms with Gasteiger partial charge in [-0.3, -0.25) is 4.79 Å². The van der Waals surface area contributed by atoms with Gasteiger partial charge >= 0.3 is 0 Å². The maximum atomic E-state index is 11.8. The lowest BCUT2D eigenvalue weighted by molar-refractivity contribution is -0.118. The lowest BCUT2D eigenvalue weighted by Crippen LogP contribution is -2.36. The molecule has 1 fully saturated rings. The van der Waals surface area contributed by atoms with E-state index >= 15 is 0 Å². The van der Waals surface area contributed by atoms with Crippen molar-refractivity contribution in [2.75, 3.05) is 11.4 Å². The molecule has 2 rings (SSSR count). The van der Waals surface area contributed by atoms with Crippen molar-refractivity contribution in [1.82, 2.24) is 0 Å². The molecule has 1 saturated heterocycles. The van der Waals surface area contributed by atoms with Gasteiger partial charge in [-0.1, -0.05) is 30.4 Å². The van der Waals surface area contributed by atoms with Crippen LogP contribution in [0.1, 0.15) is 18.4 Å². The lowest BCUT2D eigenvalue weighted by atomic mass is 10.0. The first-order chi connectivity index (χ1) is 7.18. The molecule has 0 N–H and O–H groups in total. The molecular weight excluding hydrogens is 186 g/mol. The van der Waals surface area contributed by atoms with Crippen molar-refractivity contribution in [3.05, 3.63) is 42.0 Å². The Bertz CT molecular complexity index is 409. The first-order valence-corrected chi connectivity index (χ1v) is 5.21. The van der Waals surface area contributed by atoms with E-state index in [1.54, 1.807) is 0 Å². The van der Waals surface area contributed by atoms with Gasteiger partial charge in [0.15, 0.2) is 0 Å². The van der Waals surface area contributed by atoms with Gasteiger partial charge < -0.3 is 4.90 Å². The van der Waals surface area contributed by atoms with Crippen LogP contribution in [0.3, 0.4) is 0 Å². The van der Waals surface area contributed by atoms with Crippen molar-refractivity contribution >= 4 is 11.6 Å². The number of hydrogen-bond donors (Lipinski definition) is 0. The lowest BCUT2D eigenvalue weighted by Gasteiger charge is -2.29. The number of anilines is 1. The molecule has 1 aromatic carbocycles. The number of nitrogens with zero attached hydrogens (tertiary/aromatic N) is 1. The average Bonchev–Trinajstić information content (AvgIpc) is 2.20. The molecule has 1 aromatic rings. The Morgan fingerprint density at radius 3 is 2.73 bits per heavy atom. The summed E-state index contributed by atoms with van der Waals surface area (Å²) in [6.45, 7) is 6.67. The van der Waals surface area contributed by atoms with Gasteiger partial charge in [0.05, 0.1) is 0 Å². The minimum absolute atomic E-state index is 0.167. The molecule has 1 amide bonds. The molecule has 78 valence electrons. The minimum Gasteiger partial charge on any atom is -0.312 e. The van der Waals surface area contributed by atoms with Crippen LogP contribution in [-0.2, 0) is 4.79 Å². The number of piperidine rings is 1. The number of amides is 1. The van der Waals surface area contributed by atoms with Crippen molar-refractivity contribution in [3.63, 3.8) is 0 Å². The summed E-state index contributed by atoms with van der Waals surface area (Å²) in [6.07, 6.45) is 1.41. The SMILES string of the molecule is C=C1CCN(c2ccccc2C)C(=O)C1. The number of para-hydroxylation sites is 1. The van der Waals surface area contributed by atoms with Gasteiger partial charge in [0.2, 0.25) is 5.91 Å². The van der Waals surface area contributed by atoms with Crippen LogP contribution in [0.15, 0.2) is 36.4 Å². The highest BCUT2D eigenvalue weighted by molar-refractivity contribution is 5.96. The van der Waals surface area contributed by atoms with Crippen LogP contribution >= 0.6 is 0 Å². The summed E-state index contributed by atoms with van der Waals surface area (Å²) in [5.74, 6) is 0.167. The Morgan fingerprint density at radius 1 is 1.33 bits per heavy atom. The van der Waals surface area contributed by atoms with E-state index < -0.39 is 0 Å². The summed E-state index contributed by atoms with van der Waals surface area (Å²) in [7, 11) is 0. The zero-order chi connectivity index (χ0) is 10.8. The first-order valence-electron chi connectivity index (χ1n) is 5.21. The third kappa shape index (κ3) is 1.94. The molecule has 1 aliphatic rings. The van der Waals surface area contributed by atoms with Crippen molar-refractivity contribution in [1.29, 1.82) is 0 Å². The Balaban J connectivity index is 2.28. The van der Waals surface area contributed by atoms with Crippen LogP contribution < -0.4 is 4.90 Å². The van der Waals surface area contributed by atoms with E-state index in [0.29, 0.717) is 6.42 Å². The second-order valence-electron chi connectivity index (χ2n) is 4.01. The minimum atomic E-state index is 0.167. The molecule has 0 radical (unpaired) electrons. The molecule has 0 aliphatic carbocycles. The smallest absolute Gasteiger partial charge is 0.231 e. The maximum absolute atomic E-state index is 11.8. The number of benzene rings is 1. The summed E-state index contributed by atoms with van der Waals surface area (Å²) in [4.78, 5) is 13.7. The van der Waals surface area contributed by atoms with Crippen molar-refractivity contribution in [2.45, 2.75) is 19.8 Å². The molecule has 1 aliphatic heterocycles. The van der Waals surface area contributed by atoms with Gasteiger partial charge in [0.25, 0.3) is 0 Å². The summed E-state index contributed by atoms with van der Waals surface area (Å²) < 4.78 is 0. The van der Waals surface area contributed by atoms with E-state index in [1.807, 2.05) is 36.1 Å². The predicted octanol–water partition coefficient (Wildman–Crippen LogP) is 2.68. The molecule has 1 heterocycles. The van der Waals surface area contributed by atoms with Gasteiger partial charge in [0, 0.05) is 18.7 Å². The highest BCUT2D eigenvalue weighted by Gasteiger charge is 2.22. The van der Waals surface area contributed by atoms with Crippen LogP contribution in [0.2, 0.25) is 0 Å². The Kier molecular flexibility index (Phi) is 2.58. The average molecular weight is 201 g/mol. The van der Waals surface area contributed by atoms with Crippen molar-refractivity contribution in [2.24, 2.45) is 0 Å². The second kappa shape index (κ2) is 3.89. The van der Waals surface area contributed by atoms with Crippen LogP contribution in [-0.4, -0.2) is 12.5 Å². The fraction of sp³-hybridized carbons (Fsp3) is 0.308. The molecule has 0 aromatic heterocycles. The van der Waals surface area contributed by atoms with Crippen LogP contribution in [0.5, 0.6) is 0 Å². The van der Waals surface area contributed by atoms with Gasteiger partial charge in [-0.05, 0) is 25.0 Å². The van der Waals surface area contributed by atoms with E-state index in [0.717, 1.165) is 29.8 Å². The van der Waals surface area contributed by atoms with Crippen LogP contribution in [0, 0.1) is 6.92 Å². The highest BCUT2D eigenvalue weighted by atomic mass is 16.2. The van der Waals surface area contributed by atoms with Gasteiger partial charge in [-0.15, -0.1) is 0 Å². The Morgan fingerprint density at radius 2 is 2.07 bits per heavy atom. The van der Waals surface area contributed by atoms with Gasteiger partial charge in [0.1, 0.15) is 0 Å². The number of hydrogen-bond acceptors (Lipinski definition) is 1. The molecule has 0 spiro atoms. The summed E-state index contributed by atoms with van der Waals surface area (Å²) >= 11 is 0. The number of aryl methyl sites for hydroxylation is 1. The largest absolute Gasteiger partial charge is 0.312 e. The standard InChI is InChI=1S/C13H15NO/c1-10-7-8-14(13(15)9-10)12-6-4-3-5-11(12)2/h3-6H,1,7-9H2,2H3. The fourth-order valence-corrected chi connectivity index (χ4v) is 1.91.